The van der Waals surface area contributed by atoms with Crippen molar-refractivity contribution in [2.75, 3.05) is 17.2 Å². The van der Waals surface area contributed by atoms with Crippen molar-refractivity contribution in [3.05, 3.63) is 30.9 Å². The van der Waals surface area contributed by atoms with E-state index >= 15 is 0 Å². The van der Waals surface area contributed by atoms with Crippen LogP contribution in [0.5, 0.6) is 0 Å². The van der Waals surface area contributed by atoms with Crippen molar-refractivity contribution < 1.29 is 0 Å². The van der Waals surface area contributed by atoms with E-state index in [-0.39, 0.29) is 6.04 Å². The molecule has 1 unspecified atom stereocenters. The van der Waals surface area contributed by atoms with Crippen molar-refractivity contribution in [2.45, 2.75) is 26.4 Å². The largest absolute Gasteiger partial charge is 0.369 e. The molecule has 0 spiro atoms. The minimum Gasteiger partial charge on any atom is -0.369 e. The van der Waals surface area contributed by atoms with Crippen molar-refractivity contribution in [1.82, 2.24) is 19.7 Å². The lowest BCUT2D eigenvalue weighted by Crippen LogP contribution is -2.23. The first-order chi connectivity index (χ1) is 8.78. The Balaban J connectivity index is 1.93. The minimum atomic E-state index is 0.232. The molecule has 96 valence electrons. The van der Waals surface area contributed by atoms with E-state index < -0.39 is 0 Å². The Kier molecular flexibility index (Phi) is 4.11. The summed E-state index contributed by atoms with van der Waals surface area (Å²) in [6.07, 6.45) is 7.16. The number of anilines is 2. The molecule has 0 aliphatic rings. The zero-order valence-electron chi connectivity index (χ0n) is 10.7. The third-order valence-corrected chi connectivity index (χ3v) is 2.41. The second-order valence-corrected chi connectivity index (χ2v) is 4.09. The van der Waals surface area contributed by atoms with E-state index in [9.17, 15) is 0 Å². The normalized spacial score (nSPS) is 12.1. The lowest BCUT2D eigenvalue weighted by atomic mass is 10.3. The second kappa shape index (κ2) is 6.00. The topological polar surface area (TPSA) is 67.7 Å². The molecular weight excluding hydrogens is 228 g/mol. The zero-order chi connectivity index (χ0) is 12.8. The van der Waals surface area contributed by atoms with Crippen molar-refractivity contribution in [3.8, 4) is 0 Å². The lowest BCUT2D eigenvalue weighted by molar-refractivity contribution is 0.559. The fourth-order valence-corrected chi connectivity index (χ4v) is 1.69. The van der Waals surface area contributed by atoms with Crippen molar-refractivity contribution in [2.24, 2.45) is 0 Å². The van der Waals surface area contributed by atoms with Gasteiger partial charge in [0.1, 0.15) is 11.6 Å². The molecule has 0 fully saturated rings. The highest BCUT2D eigenvalue weighted by atomic mass is 15.3. The molecule has 2 aromatic rings. The van der Waals surface area contributed by atoms with Crippen LogP contribution in [0.4, 0.5) is 11.6 Å². The maximum atomic E-state index is 4.42. The summed E-state index contributed by atoms with van der Waals surface area (Å²) in [5, 5.41) is 10.6. The Morgan fingerprint density at radius 3 is 2.89 bits per heavy atom. The summed E-state index contributed by atoms with van der Waals surface area (Å²) < 4.78 is 1.89. The van der Waals surface area contributed by atoms with E-state index in [1.165, 1.54) is 0 Å². The van der Waals surface area contributed by atoms with E-state index in [1.807, 2.05) is 23.9 Å². The van der Waals surface area contributed by atoms with Gasteiger partial charge in [0.25, 0.3) is 0 Å². The van der Waals surface area contributed by atoms with Crippen LogP contribution < -0.4 is 10.6 Å². The number of hydrogen-bond acceptors (Lipinski definition) is 5. The fraction of sp³-hybridized carbons (Fsp3) is 0.417. The van der Waals surface area contributed by atoms with Gasteiger partial charge in [0, 0.05) is 25.0 Å². The maximum Gasteiger partial charge on any atom is 0.147 e. The Hall–Kier alpha value is -2.11. The van der Waals surface area contributed by atoms with E-state index in [0.29, 0.717) is 0 Å². The summed E-state index contributed by atoms with van der Waals surface area (Å²) in [5.41, 5.74) is 0. The SMILES string of the molecule is CCNc1cncc(NC(C)Cn2cccn2)n1. The van der Waals surface area contributed by atoms with Crippen LogP contribution in [-0.2, 0) is 6.54 Å². The van der Waals surface area contributed by atoms with Gasteiger partial charge in [-0.15, -0.1) is 0 Å². The molecule has 2 heterocycles. The molecule has 0 bridgehead atoms. The molecule has 2 N–H and O–H groups in total. The van der Waals surface area contributed by atoms with Gasteiger partial charge >= 0.3 is 0 Å². The summed E-state index contributed by atoms with van der Waals surface area (Å²) in [7, 11) is 0. The van der Waals surface area contributed by atoms with Gasteiger partial charge < -0.3 is 10.6 Å². The Morgan fingerprint density at radius 1 is 1.33 bits per heavy atom. The highest BCUT2D eigenvalue weighted by Crippen LogP contribution is 2.08. The Morgan fingerprint density at radius 2 is 2.17 bits per heavy atom. The van der Waals surface area contributed by atoms with Gasteiger partial charge in [-0.2, -0.15) is 5.10 Å². The van der Waals surface area contributed by atoms with Crippen LogP contribution in [0.1, 0.15) is 13.8 Å². The molecule has 0 saturated heterocycles. The van der Waals surface area contributed by atoms with Crippen LogP contribution in [0.2, 0.25) is 0 Å². The third kappa shape index (κ3) is 3.44. The van der Waals surface area contributed by atoms with Gasteiger partial charge in [0.05, 0.1) is 18.9 Å². The predicted octanol–water partition coefficient (Wildman–Crippen LogP) is 1.61. The first-order valence-electron chi connectivity index (χ1n) is 6.08. The van der Waals surface area contributed by atoms with Gasteiger partial charge in [-0.05, 0) is 19.9 Å². The van der Waals surface area contributed by atoms with Crippen molar-refractivity contribution >= 4 is 11.6 Å². The smallest absolute Gasteiger partial charge is 0.147 e. The van der Waals surface area contributed by atoms with Gasteiger partial charge in [-0.25, -0.2) is 4.98 Å². The molecule has 0 aromatic carbocycles. The molecule has 0 amide bonds. The molecule has 1 atom stereocenters. The van der Waals surface area contributed by atoms with Gasteiger partial charge in [0.2, 0.25) is 0 Å². The summed E-state index contributed by atoms with van der Waals surface area (Å²) in [5.74, 6) is 1.56. The molecule has 0 aliphatic heterocycles. The van der Waals surface area contributed by atoms with Gasteiger partial charge in [0.15, 0.2) is 0 Å². The van der Waals surface area contributed by atoms with Gasteiger partial charge in [-0.3, -0.25) is 9.67 Å². The van der Waals surface area contributed by atoms with Crippen LogP contribution in [0.25, 0.3) is 0 Å². The average Bonchev–Trinajstić information content (AvgIpc) is 2.82. The highest BCUT2D eigenvalue weighted by Gasteiger charge is 2.05. The number of hydrogen-bond donors (Lipinski definition) is 2. The Labute approximate surface area is 106 Å². The molecule has 6 heteroatoms. The van der Waals surface area contributed by atoms with Gasteiger partial charge in [-0.1, -0.05) is 0 Å². The molecule has 0 saturated carbocycles. The summed E-state index contributed by atoms with van der Waals surface area (Å²) in [6.45, 7) is 5.74. The monoisotopic (exact) mass is 246 g/mol. The minimum absolute atomic E-state index is 0.232. The van der Waals surface area contributed by atoms with Crippen LogP contribution in [-0.4, -0.2) is 32.3 Å². The molecule has 0 radical (unpaired) electrons. The quantitative estimate of drug-likeness (QED) is 0.810. The number of aromatic nitrogens is 4. The number of nitrogens with zero attached hydrogens (tertiary/aromatic N) is 4. The van der Waals surface area contributed by atoms with Crippen molar-refractivity contribution in [1.29, 1.82) is 0 Å². The van der Waals surface area contributed by atoms with E-state index in [1.54, 1.807) is 18.6 Å². The molecular formula is C12H18N6. The standard InChI is InChI=1S/C12H18N6/c1-3-14-11-7-13-8-12(17-11)16-10(2)9-18-6-4-5-15-18/h4-8,10H,3,9H2,1-2H3,(H2,14,16,17). The molecule has 18 heavy (non-hydrogen) atoms. The summed E-state index contributed by atoms with van der Waals surface area (Å²) >= 11 is 0. The first-order valence-corrected chi connectivity index (χ1v) is 6.08. The fourth-order valence-electron chi connectivity index (χ4n) is 1.69. The van der Waals surface area contributed by atoms with E-state index in [4.69, 9.17) is 0 Å². The molecule has 6 nitrogen and oxygen atoms in total. The number of rotatable bonds is 6. The first kappa shape index (κ1) is 12.3. The van der Waals surface area contributed by atoms with Crippen LogP contribution in [0.3, 0.4) is 0 Å². The zero-order valence-corrected chi connectivity index (χ0v) is 10.7. The third-order valence-electron chi connectivity index (χ3n) is 2.41. The molecule has 0 aliphatic carbocycles. The van der Waals surface area contributed by atoms with Crippen LogP contribution in [0, 0.1) is 0 Å². The highest BCUT2D eigenvalue weighted by molar-refractivity contribution is 5.41. The molecule has 2 rings (SSSR count). The second-order valence-electron chi connectivity index (χ2n) is 4.09. The number of nitrogens with one attached hydrogen (secondary N) is 2. The van der Waals surface area contributed by atoms with E-state index in [2.05, 4.69) is 32.6 Å². The summed E-state index contributed by atoms with van der Waals surface area (Å²) in [6, 6.07) is 2.15. The average molecular weight is 246 g/mol. The Bertz CT molecular complexity index is 467. The summed E-state index contributed by atoms with van der Waals surface area (Å²) in [4.78, 5) is 8.56. The van der Waals surface area contributed by atoms with Crippen LogP contribution in [0.15, 0.2) is 30.9 Å². The van der Waals surface area contributed by atoms with Crippen molar-refractivity contribution in [3.63, 3.8) is 0 Å². The maximum absolute atomic E-state index is 4.42. The van der Waals surface area contributed by atoms with Crippen LogP contribution >= 0.6 is 0 Å². The van der Waals surface area contributed by atoms with E-state index in [0.717, 1.165) is 24.7 Å². The lowest BCUT2D eigenvalue weighted by Gasteiger charge is -2.14. The predicted molar refractivity (Wildman–Crippen MR) is 71.5 cm³/mol. The molecule has 2 aromatic heterocycles.